The zero-order valence-electron chi connectivity index (χ0n) is 18.1. The molecule has 1 amide bonds. The molecule has 1 aliphatic rings. The minimum atomic E-state index is -0.317. The molecule has 4 N–H and O–H groups in total. The summed E-state index contributed by atoms with van der Waals surface area (Å²) in [5.41, 5.74) is 7.63. The lowest BCUT2D eigenvalue weighted by Crippen LogP contribution is -2.50. The predicted octanol–water partition coefficient (Wildman–Crippen LogP) is 1.03. The van der Waals surface area contributed by atoms with Gasteiger partial charge in [-0.05, 0) is 38.8 Å². The highest BCUT2D eigenvalue weighted by molar-refractivity contribution is 5.76. The number of rotatable bonds is 6. The molecule has 1 atom stereocenters. The maximum atomic E-state index is 13.2. The lowest BCUT2D eigenvalue weighted by Gasteiger charge is -2.31. The smallest absolute Gasteiger partial charge is 0.294 e. The summed E-state index contributed by atoms with van der Waals surface area (Å²) in [6, 6.07) is 7.59. The van der Waals surface area contributed by atoms with Crippen molar-refractivity contribution in [2.24, 2.45) is 5.73 Å². The second-order valence-electron chi connectivity index (χ2n) is 7.48. The molecule has 1 aromatic carbocycles. The Hall–Kier alpha value is -3.40. The van der Waals surface area contributed by atoms with Crippen molar-refractivity contribution in [1.82, 2.24) is 19.9 Å². The van der Waals surface area contributed by atoms with Crippen molar-refractivity contribution in [3.05, 3.63) is 52.1 Å². The van der Waals surface area contributed by atoms with Crippen LogP contribution >= 0.6 is 0 Å². The van der Waals surface area contributed by atoms with E-state index in [0.717, 1.165) is 11.3 Å². The van der Waals surface area contributed by atoms with Gasteiger partial charge in [-0.3, -0.25) is 24.4 Å². The third-order valence-corrected chi connectivity index (χ3v) is 5.26. The number of nitrogens with zero attached hydrogens (tertiary/aromatic N) is 4. The number of anilines is 2. The Kier molecular flexibility index (Phi) is 6.91. The Morgan fingerprint density at radius 1 is 1.39 bits per heavy atom. The normalized spacial score (nSPS) is 16.1. The van der Waals surface area contributed by atoms with E-state index in [2.05, 4.69) is 10.3 Å². The highest BCUT2D eigenvalue weighted by Crippen LogP contribution is 2.24. The number of hydrogen-bond donors (Lipinski definition) is 3. The van der Waals surface area contributed by atoms with E-state index in [0.29, 0.717) is 25.2 Å². The van der Waals surface area contributed by atoms with Crippen molar-refractivity contribution in [2.45, 2.75) is 39.8 Å². The summed E-state index contributed by atoms with van der Waals surface area (Å²) >= 11 is 0. The number of guanidine groups is 1. The van der Waals surface area contributed by atoms with E-state index in [-0.39, 0.29) is 42.4 Å². The summed E-state index contributed by atoms with van der Waals surface area (Å²) in [7, 11) is 0. The standard InChI is InChI=1S/C21H29N7O3/c1-4-26(17-8-6-5-7-14(17)2)19-20(30)27(15(3)11-24-19)12-18(29)25-16-9-10-28(21(22)23)31-13-16/h5-8,11,16H,4,9-10,12-13H2,1-3H3,(H3,22,23)(H,25,29). The van der Waals surface area contributed by atoms with Crippen LogP contribution in [-0.4, -0.2) is 52.2 Å². The zero-order valence-corrected chi connectivity index (χ0v) is 18.1. The van der Waals surface area contributed by atoms with Crippen LogP contribution in [0.4, 0.5) is 11.5 Å². The van der Waals surface area contributed by atoms with Crippen molar-refractivity contribution in [3.63, 3.8) is 0 Å². The van der Waals surface area contributed by atoms with E-state index in [1.54, 1.807) is 13.1 Å². The van der Waals surface area contributed by atoms with Crippen LogP contribution in [0.5, 0.6) is 0 Å². The first-order valence-electron chi connectivity index (χ1n) is 10.2. The number of hydrogen-bond acceptors (Lipinski definition) is 6. The summed E-state index contributed by atoms with van der Waals surface area (Å²) in [6.07, 6.45) is 2.21. The Morgan fingerprint density at radius 2 is 2.13 bits per heavy atom. The van der Waals surface area contributed by atoms with Crippen LogP contribution in [0.25, 0.3) is 0 Å². The molecule has 10 heteroatoms. The van der Waals surface area contributed by atoms with Gasteiger partial charge >= 0.3 is 0 Å². The van der Waals surface area contributed by atoms with Gasteiger partial charge in [-0.1, -0.05) is 18.2 Å². The molecule has 166 valence electrons. The summed E-state index contributed by atoms with van der Waals surface area (Å²) in [5, 5.41) is 11.6. The summed E-state index contributed by atoms with van der Waals surface area (Å²) in [6.45, 7) is 6.78. The van der Waals surface area contributed by atoms with Gasteiger partial charge in [-0.25, -0.2) is 10.0 Å². The molecule has 10 nitrogen and oxygen atoms in total. The quantitative estimate of drug-likeness (QED) is 0.464. The van der Waals surface area contributed by atoms with E-state index in [1.807, 2.05) is 43.0 Å². The second-order valence-corrected chi connectivity index (χ2v) is 7.48. The molecule has 0 spiro atoms. The van der Waals surface area contributed by atoms with Gasteiger partial charge in [0.1, 0.15) is 6.54 Å². The largest absolute Gasteiger partial charge is 0.368 e. The van der Waals surface area contributed by atoms with E-state index < -0.39 is 0 Å². The first-order valence-corrected chi connectivity index (χ1v) is 10.2. The highest BCUT2D eigenvalue weighted by atomic mass is 16.7. The number of aryl methyl sites for hydroxylation is 2. The van der Waals surface area contributed by atoms with Crippen molar-refractivity contribution in [2.75, 3.05) is 24.6 Å². The van der Waals surface area contributed by atoms with E-state index >= 15 is 0 Å². The third kappa shape index (κ3) is 5.02. The lowest BCUT2D eigenvalue weighted by molar-refractivity contribution is -0.143. The number of benzene rings is 1. The van der Waals surface area contributed by atoms with Crippen LogP contribution in [0.3, 0.4) is 0 Å². The summed E-state index contributed by atoms with van der Waals surface area (Å²) < 4.78 is 1.43. The van der Waals surface area contributed by atoms with Crippen molar-refractivity contribution >= 4 is 23.4 Å². The third-order valence-electron chi connectivity index (χ3n) is 5.26. The van der Waals surface area contributed by atoms with Gasteiger partial charge in [0.2, 0.25) is 11.9 Å². The monoisotopic (exact) mass is 427 g/mol. The number of para-hydroxylation sites is 1. The number of aromatic nitrogens is 2. The molecule has 3 rings (SSSR count). The number of amides is 1. The fourth-order valence-corrected chi connectivity index (χ4v) is 3.56. The number of carbonyl (C=O) groups is 1. The molecule has 1 aromatic heterocycles. The second kappa shape index (κ2) is 9.61. The number of nitrogens with one attached hydrogen (secondary N) is 2. The van der Waals surface area contributed by atoms with Crippen LogP contribution in [0.2, 0.25) is 0 Å². The topological polar surface area (TPSA) is 130 Å². The van der Waals surface area contributed by atoms with Crippen LogP contribution in [-0.2, 0) is 16.2 Å². The predicted molar refractivity (Wildman–Crippen MR) is 118 cm³/mol. The van der Waals surface area contributed by atoms with Crippen LogP contribution < -0.4 is 21.5 Å². The van der Waals surface area contributed by atoms with Gasteiger partial charge in [-0.15, -0.1) is 0 Å². The minimum Gasteiger partial charge on any atom is -0.368 e. The van der Waals surface area contributed by atoms with Gasteiger partial charge in [0, 0.05) is 24.1 Å². The highest BCUT2D eigenvalue weighted by Gasteiger charge is 2.23. The molecule has 0 aliphatic carbocycles. The van der Waals surface area contributed by atoms with Crippen molar-refractivity contribution in [3.8, 4) is 0 Å². The molecule has 2 aromatic rings. The number of nitrogens with two attached hydrogens (primary N) is 1. The minimum absolute atomic E-state index is 0.113. The lowest BCUT2D eigenvalue weighted by atomic mass is 10.2. The van der Waals surface area contributed by atoms with Crippen molar-refractivity contribution < 1.29 is 9.63 Å². The zero-order chi connectivity index (χ0) is 22.5. The number of hydroxylamine groups is 2. The average Bonchev–Trinajstić information content (AvgIpc) is 2.74. The molecule has 0 radical (unpaired) electrons. The molecule has 0 saturated carbocycles. The maximum Gasteiger partial charge on any atom is 0.294 e. The molecular formula is C21H29N7O3. The fraction of sp³-hybridized carbons (Fsp3) is 0.429. The Bertz CT molecular complexity index is 1010. The number of carbonyl (C=O) groups excluding carboxylic acids is 1. The molecule has 0 bridgehead atoms. The Labute approximate surface area is 181 Å². The molecule has 1 saturated heterocycles. The van der Waals surface area contributed by atoms with Crippen LogP contribution in [0.15, 0.2) is 35.3 Å². The molecule has 2 heterocycles. The molecule has 1 unspecified atom stereocenters. The molecule has 31 heavy (non-hydrogen) atoms. The average molecular weight is 428 g/mol. The van der Waals surface area contributed by atoms with Gasteiger partial charge in [0.25, 0.3) is 5.56 Å². The van der Waals surface area contributed by atoms with E-state index in [1.165, 1.54) is 9.63 Å². The molecule has 1 fully saturated rings. The summed E-state index contributed by atoms with van der Waals surface area (Å²) in [5.74, 6) is -0.162. The summed E-state index contributed by atoms with van der Waals surface area (Å²) in [4.78, 5) is 37.5. The Balaban J connectivity index is 1.76. The van der Waals surface area contributed by atoms with Crippen molar-refractivity contribution in [1.29, 1.82) is 5.41 Å². The van der Waals surface area contributed by atoms with Crippen LogP contribution in [0, 0.1) is 19.3 Å². The SMILES string of the molecule is CCN(c1ccccc1C)c1ncc(C)n(CC(=O)NC2CCN(C(=N)N)OC2)c1=O. The molecule has 1 aliphatic heterocycles. The first-order chi connectivity index (χ1) is 14.8. The van der Waals surface area contributed by atoms with Crippen LogP contribution in [0.1, 0.15) is 24.6 Å². The van der Waals surface area contributed by atoms with E-state index in [9.17, 15) is 9.59 Å². The first kappa shape index (κ1) is 22.3. The molecular weight excluding hydrogens is 398 g/mol. The van der Waals surface area contributed by atoms with E-state index in [4.69, 9.17) is 16.0 Å². The fourth-order valence-electron chi connectivity index (χ4n) is 3.56. The Morgan fingerprint density at radius 3 is 2.74 bits per heavy atom. The van der Waals surface area contributed by atoms with Gasteiger partial charge < -0.3 is 16.0 Å². The van der Waals surface area contributed by atoms with Gasteiger partial charge in [0.05, 0.1) is 19.2 Å². The van der Waals surface area contributed by atoms with Gasteiger partial charge in [0.15, 0.2) is 5.82 Å². The maximum absolute atomic E-state index is 13.2. The van der Waals surface area contributed by atoms with Gasteiger partial charge in [-0.2, -0.15) is 0 Å².